The van der Waals surface area contributed by atoms with Crippen molar-refractivity contribution < 1.29 is 4.74 Å². The first-order valence-corrected chi connectivity index (χ1v) is 25.9. The van der Waals surface area contributed by atoms with Gasteiger partial charge >= 0.3 is 0 Å². The molecule has 9 aromatic carbocycles. The van der Waals surface area contributed by atoms with E-state index in [2.05, 4.69) is 274 Å². The molecule has 0 spiro atoms. The fourth-order valence-electron chi connectivity index (χ4n) is 11.6. The zero-order valence-electron chi connectivity index (χ0n) is 42.8. The molecule has 0 saturated heterocycles. The summed E-state index contributed by atoms with van der Waals surface area (Å²) in [4.78, 5) is 9.99. The second kappa shape index (κ2) is 17.5. The summed E-state index contributed by atoms with van der Waals surface area (Å²) in [5.74, 6) is 2.42. The van der Waals surface area contributed by atoms with Crippen LogP contribution in [-0.2, 0) is 10.8 Å². The fraction of sp³-hybridized carbons (Fsp3) is 0.145. The molecule has 0 bridgehead atoms. The van der Waals surface area contributed by atoms with Gasteiger partial charge < -0.3 is 14.5 Å². The predicted molar refractivity (Wildman–Crippen MR) is 308 cm³/mol. The van der Waals surface area contributed by atoms with Crippen LogP contribution in [0.5, 0.6) is 11.5 Å². The lowest BCUT2D eigenvalue weighted by Gasteiger charge is -2.30. The van der Waals surface area contributed by atoms with E-state index in [9.17, 15) is 0 Å². The predicted octanol–water partition coefficient (Wildman–Crippen LogP) is 18.3. The van der Waals surface area contributed by atoms with E-state index in [1.165, 1.54) is 72.3 Å². The van der Waals surface area contributed by atoms with Crippen molar-refractivity contribution >= 4 is 44.6 Å². The Balaban J connectivity index is 0.993. The largest absolute Gasteiger partial charge is 0.457 e. The molecule has 0 atom stereocenters. The Morgan fingerprint density at radius 2 is 1.01 bits per heavy atom. The monoisotopic (exact) mass is 958 g/mol. The number of benzene rings is 9. The molecule has 0 amide bonds. The Morgan fingerprint density at radius 3 is 1.66 bits per heavy atom. The van der Waals surface area contributed by atoms with Crippen molar-refractivity contribution in [2.75, 3.05) is 16.5 Å². The van der Waals surface area contributed by atoms with Crippen molar-refractivity contribution in [3.05, 3.63) is 252 Å². The van der Waals surface area contributed by atoms with E-state index in [1.807, 2.05) is 6.20 Å². The first-order valence-electron chi connectivity index (χ1n) is 25.9. The number of pyridine rings is 1. The molecule has 1 aliphatic heterocycles. The van der Waals surface area contributed by atoms with Crippen LogP contribution >= 0.6 is 0 Å². The highest BCUT2D eigenvalue weighted by Crippen LogP contribution is 2.54. The van der Waals surface area contributed by atoms with Crippen LogP contribution in [0.3, 0.4) is 0 Å². The number of aromatic nitrogens is 2. The van der Waals surface area contributed by atoms with Crippen molar-refractivity contribution in [1.82, 2.24) is 9.55 Å². The molecule has 0 N–H and O–H groups in total. The maximum Gasteiger partial charge on any atom is 0.137 e. The lowest BCUT2D eigenvalue weighted by molar-refractivity contribution is 0.482. The zero-order chi connectivity index (χ0) is 50.3. The number of hydrogen-bond acceptors (Lipinski definition) is 4. The molecule has 13 rings (SSSR count). The SMILES string of the molecule is CC(C)(C)c1ccnc(-n2c3ccccc3c3ccc(Oc4cc(C5c6ccccc6-c6ccccc65)cc(N5CN(c6c(-c7ccccc7)cc(C(C)(C)C)cc6-c6ccccc6)c6ccccc65)c4)cc32)c1. The van der Waals surface area contributed by atoms with Crippen molar-refractivity contribution in [3.8, 4) is 50.7 Å². The van der Waals surface area contributed by atoms with Gasteiger partial charge in [-0.1, -0.05) is 181 Å². The van der Waals surface area contributed by atoms with Crippen LogP contribution in [0.15, 0.2) is 225 Å². The molecule has 0 saturated carbocycles. The lowest BCUT2D eigenvalue weighted by atomic mass is 9.82. The van der Waals surface area contributed by atoms with Gasteiger partial charge in [0.2, 0.25) is 0 Å². The highest BCUT2D eigenvalue weighted by atomic mass is 16.5. The van der Waals surface area contributed by atoms with E-state index >= 15 is 0 Å². The van der Waals surface area contributed by atoms with E-state index in [1.54, 1.807) is 0 Å². The number of nitrogens with zero attached hydrogens (tertiary/aromatic N) is 4. The van der Waals surface area contributed by atoms with Crippen LogP contribution in [0.1, 0.15) is 75.3 Å². The molecule has 0 fully saturated rings. The fourth-order valence-corrected chi connectivity index (χ4v) is 11.6. The first kappa shape index (κ1) is 45.2. The minimum Gasteiger partial charge on any atom is -0.457 e. The smallest absolute Gasteiger partial charge is 0.137 e. The van der Waals surface area contributed by atoms with Crippen molar-refractivity contribution in [3.63, 3.8) is 0 Å². The molecule has 5 heteroatoms. The van der Waals surface area contributed by atoms with E-state index in [0.29, 0.717) is 6.67 Å². The van der Waals surface area contributed by atoms with Gasteiger partial charge in [0.25, 0.3) is 0 Å². The molecule has 74 heavy (non-hydrogen) atoms. The van der Waals surface area contributed by atoms with E-state index in [0.717, 1.165) is 50.8 Å². The third-order valence-corrected chi connectivity index (χ3v) is 15.3. The van der Waals surface area contributed by atoms with Gasteiger partial charge in [0.1, 0.15) is 24.0 Å². The van der Waals surface area contributed by atoms with Crippen molar-refractivity contribution in [2.45, 2.75) is 58.3 Å². The number of ether oxygens (including phenoxy) is 1. The van der Waals surface area contributed by atoms with Crippen LogP contribution in [0.25, 0.3) is 61.0 Å². The summed E-state index contributed by atoms with van der Waals surface area (Å²) < 4.78 is 9.54. The number of rotatable bonds is 8. The van der Waals surface area contributed by atoms with Crippen LogP contribution in [-0.4, -0.2) is 16.2 Å². The van der Waals surface area contributed by atoms with Crippen molar-refractivity contribution in [1.29, 1.82) is 0 Å². The van der Waals surface area contributed by atoms with Gasteiger partial charge in [0, 0.05) is 51.8 Å². The maximum absolute atomic E-state index is 7.25. The number of para-hydroxylation sites is 3. The summed E-state index contributed by atoms with van der Waals surface area (Å²) in [6.07, 6.45) is 1.94. The number of anilines is 4. The molecular formula is C69H58N4O. The number of hydrogen-bond donors (Lipinski definition) is 0. The highest BCUT2D eigenvalue weighted by molar-refractivity contribution is 6.09. The minimum atomic E-state index is -0.0792. The highest BCUT2D eigenvalue weighted by Gasteiger charge is 2.35. The van der Waals surface area contributed by atoms with Gasteiger partial charge in [-0.25, -0.2) is 4.98 Å². The van der Waals surface area contributed by atoms with Crippen LogP contribution < -0.4 is 14.5 Å². The minimum absolute atomic E-state index is 0.00383. The van der Waals surface area contributed by atoms with Gasteiger partial charge in [-0.15, -0.1) is 0 Å². The summed E-state index contributed by atoms with van der Waals surface area (Å²) in [7, 11) is 0. The Kier molecular flexibility index (Phi) is 10.7. The summed E-state index contributed by atoms with van der Waals surface area (Å²) in [5, 5.41) is 2.33. The van der Waals surface area contributed by atoms with Gasteiger partial charge in [0.05, 0.1) is 28.1 Å². The molecule has 360 valence electrons. The Labute approximate surface area is 434 Å². The summed E-state index contributed by atoms with van der Waals surface area (Å²) >= 11 is 0. The van der Waals surface area contributed by atoms with Crippen molar-refractivity contribution in [2.24, 2.45) is 0 Å². The number of fused-ring (bicyclic) bond motifs is 7. The Bertz CT molecular complexity index is 3850. The van der Waals surface area contributed by atoms with E-state index in [-0.39, 0.29) is 16.7 Å². The molecule has 1 aliphatic carbocycles. The second-order valence-electron chi connectivity index (χ2n) is 22.0. The summed E-state index contributed by atoms with van der Waals surface area (Å²) in [6, 6.07) is 79.8. The average molecular weight is 959 g/mol. The van der Waals surface area contributed by atoms with Gasteiger partial charge in [-0.2, -0.15) is 0 Å². The normalized spacial score (nSPS) is 13.4. The molecule has 2 aliphatic rings. The molecule has 0 unspecified atom stereocenters. The van der Waals surface area contributed by atoms with E-state index in [4.69, 9.17) is 9.72 Å². The molecule has 0 radical (unpaired) electrons. The standard InChI is InChI=1S/C69H58N4O/c1-68(2,3)48-35-36-70-65(41-48)73-61-30-18-17-27-55(61)56-34-33-51(43-64(56)73)74-52-38-47(66-57-28-15-13-25-53(57)54-26-14-16-29-58(54)66)37-50(42-52)71-44-72(63-32-20-19-31-62(63)71)67-59(45-21-9-7-10-22-45)39-49(69(4,5)6)40-60(67)46-23-11-8-12-24-46/h7-43,66H,44H2,1-6H3. The Hall–Kier alpha value is -8.67. The zero-order valence-corrected chi connectivity index (χ0v) is 42.8. The third kappa shape index (κ3) is 7.74. The van der Waals surface area contributed by atoms with E-state index < -0.39 is 0 Å². The van der Waals surface area contributed by atoms with Crippen LogP contribution in [0.4, 0.5) is 22.7 Å². The molecule has 2 aromatic heterocycles. The summed E-state index contributed by atoms with van der Waals surface area (Å²) in [6.45, 7) is 14.3. The molecule has 11 aromatic rings. The average Bonchev–Trinajstić information content (AvgIpc) is 4.09. The molecule has 5 nitrogen and oxygen atoms in total. The van der Waals surface area contributed by atoms with Crippen LogP contribution in [0.2, 0.25) is 0 Å². The topological polar surface area (TPSA) is 33.5 Å². The quantitative estimate of drug-likeness (QED) is 0.152. The van der Waals surface area contributed by atoms with Crippen LogP contribution in [0, 0.1) is 0 Å². The third-order valence-electron chi connectivity index (χ3n) is 15.3. The van der Waals surface area contributed by atoms with Gasteiger partial charge in [-0.05, 0) is 128 Å². The molecule has 3 heterocycles. The lowest BCUT2D eigenvalue weighted by Crippen LogP contribution is -2.25. The maximum atomic E-state index is 7.25. The van der Waals surface area contributed by atoms with Gasteiger partial charge in [-0.3, -0.25) is 4.57 Å². The first-order chi connectivity index (χ1) is 36.0. The second-order valence-corrected chi connectivity index (χ2v) is 22.0. The van der Waals surface area contributed by atoms with Gasteiger partial charge in [0.15, 0.2) is 0 Å². The summed E-state index contributed by atoms with van der Waals surface area (Å²) in [5.41, 5.74) is 20.2. The molecular weight excluding hydrogens is 901 g/mol. The Morgan fingerprint density at radius 1 is 0.446 bits per heavy atom.